The molecule has 198 valence electrons. The second kappa shape index (κ2) is 11.0. The predicted molar refractivity (Wildman–Crippen MR) is 154 cm³/mol. The summed E-state index contributed by atoms with van der Waals surface area (Å²) in [4.78, 5) is 26.9. The van der Waals surface area contributed by atoms with Crippen LogP contribution in [-0.4, -0.2) is 21.4 Å². The van der Waals surface area contributed by atoms with E-state index in [0.717, 1.165) is 39.3 Å². The molecule has 1 aromatic heterocycles. The third kappa shape index (κ3) is 5.72. The van der Waals surface area contributed by atoms with Crippen molar-refractivity contribution >= 4 is 41.2 Å². The van der Waals surface area contributed by atoms with Crippen molar-refractivity contribution in [2.75, 3.05) is 0 Å². The van der Waals surface area contributed by atoms with Crippen LogP contribution >= 0.6 is 23.2 Å². The summed E-state index contributed by atoms with van der Waals surface area (Å²) in [7, 11) is 0. The zero-order valence-corrected chi connectivity index (χ0v) is 23.3. The van der Waals surface area contributed by atoms with E-state index in [1.807, 2.05) is 81.4 Å². The van der Waals surface area contributed by atoms with Crippen LogP contribution in [0.25, 0.3) is 11.8 Å². The second-order valence-electron chi connectivity index (χ2n) is 9.55. The van der Waals surface area contributed by atoms with Crippen LogP contribution in [0.4, 0.5) is 4.79 Å². The number of imide groups is 1. The third-order valence-corrected chi connectivity index (χ3v) is 7.25. The van der Waals surface area contributed by atoms with Crippen molar-refractivity contribution in [3.63, 3.8) is 0 Å². The lowest BCUT2D eigenvalue weighted by molar-refractivity contribution is -0.123. The standard InChI is InChI=1S/C31H27Cl2N3O3/c1-19-5-4-6-22(13-19)17-35-30(37)29(34-31(35)38)15-24-14-20(2)36(21(24)3)26-9-11-27(12-10-26)39-18-23-7-8-25(32)16-28(23)33/h4-16H,17-18H2,1-3H3,(H,34,38)/b29-15+. The fourth-order valence-corrected chi connectivity index (χ4v) is 5.15. The Morgan fingerprint density at radius 2 is 1.69 bits per heavy atom. The van der Waals surface area contributed by atoms with Crippen LogP contribution in [0.2, 0.25) is 10.0 Å². The van der Waals surface area contributed by atoms with E-state index in [-0.39, 0.29) is 18.1 Å². The number of ether oxygens (including phenoxy) is 1. The number of halogens is 2. The average Bonchev–Trinajstić information content (AvgIpc) is 3.32. The fraction of sp³-hybridized carbons (Fsp3) is 0.161. The molecule has 0 unspecified atom stereocenters. The van der Waals surface area contributed by atoms with Gasteiger partial charge in [0.05, 0.1) is 6.54 Å². The minimum absolute atomic E-state index is 0.224. The van der Waals surface area contributed by atoms with Gasteiger partial charge >= 0.3 is 6.03 Å². The third-order valence-electron chi connectivity index (χ3n) is 6.66. The summed E-state index contributed by atoms with van der Waals surface area (Å²) >= 11 is 12.2. The Labute approximate surface area is 237 Å². The number of hydrogen-bond donors (Lipinski definition) is 1. The molecule has 0 aliphatic carbocycles. The zero-order chi connectivity index (χ0) is 27.7. The van der Waals surface area contributed by atoms with Crippen molar-refractivity contribution in [2.24, 2.45) is 0 Å². The summed E-state index contributed by atoms with van der Waals surface area (Å²) < 4.78 is 8.01. The van der Waals surface area contributed by atoms with Crippen LogP contribution in [0.3, 0.4) is 0 Å². The van der Waals surface area contributed by atoms with Gasteiger partial charge < -0.3 is 14.6 Å². The molecule has 6 nitrogen and oxygen atoms in total. The molecule has 1 saturated heterocycles. The summed E-state index contributed by atoms with van der Waals surface area (Å²) in [5.41, 5.74) is 6.84. The Kier molecular flexibility index (Phi) is 7.51. The molecule has 1 aliphatic rings. The molecule has 1 fully saturated rings. The molecule has 3 amide bonds. The summed E-state index contributed by atoms with van der Waals surface area (Å²) in [6, 6.07) is 22.4. The van der Waals surface area contributed by atoms with Crippen molar-refractivity contribution in [1.82, 2.24) is 14.8 Å². The smallest absolute Gasteiger partial charge is 0.329 e. The van der Waals surface area contributed by atoms with E-state index in [9.17, 15) is 9.59 Å². The number of nitrogens with zero attached hydrogens (tertiary/aromatic N) is 2. The number of benzene rings is 3. The van der Waals surface area contributed by atoms with E-state index >= 15 is 0 Å². The molecule has 1 aliphatic heterocycles. The Bertz CT molecular complexity index is 1610. The van der Waals surface area contributed by atoms with E-state index in [1.165, 1.54) is 4.90 Å². The van der Waals surface area contributed by atoms with E-state index in [2.05, 4.69) is 9.88 Å². The fourth-order valence-electron chi connectivity index (χ4n) is 4.69. The van der Waals surface area contributed by atoms with Gasteiger partial charge in [-0.1, -0.05) is 59.1 Å². The van der Waals surface area contributed by atoms with Crippen LogP contribution in [0.5, 0.6) is 5.75 Å². The first kappa shape index (κ1) is 26.6. The highest BCUT2D eigenvalue weighted by Crippen LogP contribution is 2.27. The zero-order valence-electron chi connectivity index (χ0n) is 21.8. The molecule has 39 heavy (non-hydrogen) atoms. The van der Waals surface area contributed by atoms with Gasteiger partial charge in [-0.3, -0.25) is 9.69 Å². The number of aryl methyl sites for hydroxylation is 2. The summed E-state index contributed by atoms with van der Waals surface area (Å²) in [5, 5.41) is 3.88. The molecule has 0 atom stereocenters. The Balaban J connectivity index is 1.32. The lowest BCUT2D eigenvalue weighted by atomic mass is 10.1. The van der Waals surface area contributed by atoms with Gasteiger partial charge in [-0.15, -0.1) is 0 Å². The lowest BCUT2D eigenvalue weighted by Crippen LogP contribution is -2.30. The van der Waals surface area contributed by atoms with Crippen LogP contribution in [0.1, 0.15) is 33.6 Å². The monoisotopic (exact) mass is 559 g/mol. The van der Waals surface area contributed by atoms with Crippen LogP contribution < -0.4 is 10.1 Å². The number of urea groups is 1. The van der Waals surface area contributed by atoms with Crippen LogP contribution in [0.15, 0.2) is 78.5 Å². The Hall–Kier alpha value is -4.00. The molecule has 0 bridgehead atoms. The molecule has 0 radical (unpaired) electrons. The maximum absolute atomic E-state index is 13.1. The molecule has 2 heterocycles. The van der Waals surface area contributed by atoms with Gasteiger partial charge in [0, 0.05) is 32.7 Å². The maximum Gasteiger partial charge on any atom is 0.329 e. The molecule has 5 rings (SSSR count). The summed E-state index contributed by atoms with van der Waals surface area (Å²) in [6.45, 7) is 6.52. The van der Waals surface area contributed by atoms with Crippen LogP contribution in [0, 0.1) is 20.8 Å². The summed E-state index contributed by atoms with van der Waals surface area (Å²) in [6.07, 6.45) is 1.74. The maximum atomic E-state index is 13.1. The van der Waals surface area contributed by atoms with Gasteiger partial charge in [0.2, 0.25) is 0 Å². The average molecular weight is 560 g/mol. The quantitative estimate of drug-likeness (QED) is 0.190. The van der Waals surface area contributed by atoms with Gasteiger partial charge in [0.15, 0.2) is 0 Å². The van der Waals surface area contributed by atoms with E-state index < -0.39 is 6.03 Å². The minimum Gasteiger partial charge on any atom is -0.489 e. The topological polar surface area (TPSA) is 63.6 Å². The first-order valence-corrected chi connectivity index (χ1v) is 13.2. The number of nitrogens with one attached hydrogen (secondary N) is 1. The molecular weight excluding hydrogens is 533 g/mol. The van der Waals surface area contributed by atoms with Crippen molar-refractivity contribution < 1.29 is 14.3 Å². The minimum atomic E-state index is -0.419. The number of carbonyl (C=O) groups is 2. The molecule has 4 aromatic rings. The highest BCUT2D eigenvalue weighted by molar-refractivity contribution is 6.35. The van der Waals surface area contributed by atoms with Crippen LogP contribution in [-0.2, 0) is 17.9 Å². The first-order chi connectivity index (χ1) is 18.7. The Morgan fingerprint density at radius 3 is 2.41 bits per heavy atom. The molecule has 8 heteroatoms. The largest absolute Gasteiger partial charge is 0.489 e. The second-order valence-corrected chi connectivity index (χ2v) is 10.4. The SMILES string of the molecule is Cc1cccc(CN2C(=O)N/C(=C/c3cc(C)n(-c4ccc(OCc5ccc(Cl)cc5Cl)cc4)c3C)C2=O)c1. The lowest BCUT2D eigenvalue weighted by Gasteiger charge is -2.12. The molecule has 1 N–H and O–H groups in total. The summed E-state index contributed by atoms with van der Waals surface area (Å²) in [5.74, 6) is 0.371. The number of rotatable bonds is 7. The van der Waals surface area contributed by atoms with Crippen molar-refractivity contribution in [1.29, 1.82) is 0 Å². The van der Waals surface area contributed by atoms with E-state index in [4.69, 9.17) is 27.9 Å². The molecule has 0 spiro atoms. The predicted octanol–water partition coefficient (Wildman–Crippen LogP) is 7.38. The highest BCUT2D eigenvalue weighted by Gasteiger charge is 2.33. The van der Waals surface area contributed by atoms with Gasteiger partial charge in [0.1, 0.15) is 18.1 Å². The first-order valence-electron chi connectivity index (χ1n) is 12.5. The van der Waals surface area contributed by atoms with E-state index in [0.29, 0.717) is 22.4 Å². The Morgan fingerprint density at radius 1 is 0.923 bits per heavy atom. The van der Waals surface area contributed by atoms with Gasteiger partial charge in [-0.05, 0) is 80.4 Å². The van der Waals surface area contributed by atoms with Crippen molar-refractivity contribution in [2.45, 2.75) is 33.9 Å². The molecule has 0 saturated carbocycles. The number of hydrogen-bond acceptors (Lipinski definition) is 3. The van der Waals surface area contributed by atoms with Gasteiger partial charge in [-0.2, -0.15) is 0 Å². The number of aromatic nitrogens is 1. The molecular formula is C31H27Cl2N3O3. The van der Waals surface area contributed by atoms with Gasteiger partial charge in [-0.25, -0.2) is 4.79 Å². The number of carbonyl (C=O) groups excluding carboxylic acids is 2. The van der Waals surface area contributed by atoms with Gasteiger partial charge in [0.25, 0.3) is 5.91 Å². The van der Waals surface area contributed by atoms with E-state index in [1.54, 1.807) is 18.2 Å². The normalized spacial score (nSPS) is 14.3. The number of amides is 3. The van der Waals surface area contributed by atoms with Crippen molar-refractivity contribution in [3.05, 3.63) is 122 Å². The van der Waals surface area contributed by atoms with Crippen molar-refractivity contribution in [3.8, 4) is 11.4 Å². The highest BCUT2D eigenvalue weighted by atomic mass is 35.5. The molecule has 3 aromatic carbocycles.